The second-order valence-corrected chi connectivity index (χ2v) is 5.93. The van der Waals surface area contributed by atoms with Gasteiger partial charge in [0.15, 0.2) is 0 Å². The number of carbonyl (C=O) groups excluding carboxylic acids is 2. The number of amides is 1. The molecule has 1 aliphatic rings. The Bertz CT molecular complexity index is 592. The van der Waals surface area contributed by atoms with Crippen LogP contribution in [0, 0.1) is 11.8 Å². The molecule has 0 saturated heterocycles. The summed E-state index contributed by atoms with van der Waals surface area (Å²) in [5.74, 6) is -2.84. The summed E-state index contributed by atoms with van der Waals surface area (Å²) in [6.07, 6.45) is 0.816. The molecular formula is C16H17ClNO3-. The summed E-state index contributed by atoms with van der Waals surface area (Å²) in [6.45, 7) is 3.84. The molecule has 0 bridgehead atoms. The smallest absolute Gasteiger partial charge is 0.228 e. The number of allylic oxidation sites excluding steroid dienone is 2. The van der Waals surface area contributed by atoms with Gasteiger partial charge in [0.2, 0.25) is 5.91 Å². The number of benzene rings is 1. The summed E-state index contributed by atoms with van der Waals surface area (Å²) in [5, 5.41) is 14.6. The zero-order chi connectivity index (χ0) is 15.6. The van der Waals surface area contributed by atoms with Gasteiger partial charge in [0.1, 0.15) is 0 Å². The third-order valence-electron chi connectivity index (χ3n) is 4.02. The average molecular weight is 307 g/mol. The molecule has 0 spiro atoms. The quantitative estimate of drug-likeness (QED) is 0.872. The average Bonchev–Trinajstić information content (AvgIpc) is 2.43. The van der Waals surface area contributed by atoms with Gasteiger partial charge in [0.25, 0.3) is 0 Å². The van der Waals surface area contributed by atoms with Crippen molar-refractivity contribution in [1.29, 1.82) is 0 Å². The molecule has 1 aliphatic carbocycles. The van der Waals surface area contributed by atoms with Crippen LogP contribution in [0.3, 0.4) is 0 Å². The Labute approximate surface area is 128 Å². The molecule has 5 heteroatoms. The summed E-state index contributed by atoms with van der Waals surface area (Å²) in [7, 11) is 0. The van der Waals surface area contributed by atoms with Gasteiger partial charge >= 0.3 is 0 Å². The van der Waals surface area contributed by atoms with Gasteiger partial charge in [-0.2, -0.15) is 0 Å². The van der Waals surface area contributed by atoms with Crippen LogP contribution in [0.1, 0.15) is 26.7 Å². The largest absolute Gasteiger partial charge is 0.550 e. The van der Waals surface area contributed by atoms with Crippen LogP contribution in [0.2, 0.25) is 5.02 Å². The fourth-order valence-electron chi connectivity index (χ4n) is 2.58. The summed E-state index contributed by atoms with van der Waals surface area (Å²) < 4.78 is 0. The summed E-state index contributed by atoms with van der Waals surface area (Å²) in [5.41, 5.74) is 2.70. The Morgan fingerprint density at radius 3 is 2.14 bits per heavy atom. The van der Waals surface area contributed by atoms with Crippen LogP contribution in [0.25, 0.3) is 0 Å². The molecule has 2 rings (SSSR count). The maximum absolute atomic E-state index is 12.4. The van der Waals surface area contributed by atoms with Gasteiger partial charge in [-0.05, 0) is 51.0 Å². The van der Waals surface area contributed by atoms with Crippen molar-refractivity contribution in [2.24, 2.45) is 11.8 Å². The first-order chi connectivity index (χ1) is 9.88. The van der Waals surface area contributed by atoms with E-state index in [4.69, 9.17) is 11.6 Å². The minimum absolute atomic E-state index is 0.293. The lowest BCUT2D eigenvalue weighted by Crippen LogP contribution is -2.42. The fourth-order valence-corrected chi connectivity index (χ4v) is 2.71. The monoisotopic (exact) mass is 306 g/mol. The molecule has 1 amide bonds. The number of halogens is 1. The van der Waals surface area contributed by atoms with Crippen LogP contribution in [0.5, 0.6) is 0 Å². The van der Waals surface area contributed by atoms with Crippen LogP contribution in [0.15, 0.2) is 35.4 Å². The second-order valence-electron chi connectivity index (χ2n) is 5.50. The Kier molecular flexibility index (Phi) is 4.68. The standard InChI is InChI=1S/C16H18ClNO3/c1-9-7-13(14(16(20)21)8-10(9)2)15(19)18-12-5-3-11(17)4-6-12/h3-6,13-14H,7-8H2,1-2H3,(H,18,19)(H,20,21)/p-1/t13-,14-/m0/s1. The Morgan fingerprint density at radius 2 is 1.62 bits per heavy atom. The van der Waals surface area contributed by atoms with Crippen molar-refractivity contribution in [2.75, 3.05) is 5.32 Å². The molecule has 2 atom stereocenters. The molecule has 4 nitrogen and oxygen atoms in total. The molecule has 0 aromatic heterocycles. The Morgan fingerprint density at radius 1 is 1.10 bits per heavy atom. The van der Waals surface area contributed by atoms with E-state index in [0.717, 1.165) is 11.1 Å². The summed E-state index contributed by atoms with van der Waals surface area (Å²) in [6, 6.07) is 6.71. The van der Waals surface area contributed by atoms with Crippen LogP contribution in [-0.4, -0.2) is 11.9 Å². The zero-order valence-corrected chi connectivity index (χ0v) is 12.7. The molecule has 1 N–H and O–H groups in total. The third kappa shape index (κ3) is 3.64. The Hall–Kier alpha value is -1.81. The molecule has 21 heavy (non-hydrogen) atoms. The topological polar surface area (TPSA) is 69.2 Å². The SMILES string of the molecule is CC1=C(C)C[C@H](C(=O)Nc2ccc(Cl)cc2)[C@@H](C(=O)[O-])C1. The lowest BCUT2D eigenvalue weighted by Gasteiger charge is -2.32. The maximum Gasteiger partial charge on any atom is 0.228 e. The van der Waals surface area contributed by atoms with E-state index in [0.29, 0.717) is 23.6 Å². The maximum atomic E-state index is 12.4. The van der Waals surface area contributed by atoms with Gasteiger partial charge in [-0.25, -0.2) is 0 Å². The van der Waals surface area contributed by atoms with Gasteiger partial charge in [0, 0.05) is 22.6 Å². The zero-order valence-electron chi connectivity index (χ0n) is 12.0. The van der Waals surface area contributed by atoms with E-state index in [1.807, 2.05) is 13.8 Å². The van der Waals surface area contributed by atoms with Gasteiger partial charge < -0.3 is 15.2 Å². The van der Waals surface area contributed by atoms with Crippen molar-refractivity contribution in [2.45, 2.75) is 26.7 Å². The van der Waals surface area contributed by atoms with E-state index < -0.39 is 17.8 Å². The highest BCUT2D eigenvalue weighted by Crippen LogP contribution is 2.34. The number of carboxylic acids is 1. The van der Waals surface area contributed by atoms with Crippen molar-refractivity contribution in [3.05, 3.63) is 40.4 Å². The van der Waals surface area contributed by atoms with Crippen LogP contribution < -0.4 is 10.4 Å². The molecule has 0 heterocycles. The number of aliphatic carboxylic acids is 1. The number of carboxylic acid groups (broad SMARTS) is 1. The third-order valence-corrected chi connectivity index (χ3v) is 4.27. The number of hydrogen-bond acceptors (Lipinski definition) is 3. The number of anilines is 1. The first-order valence-electron chi connectivity index (χ1n) is 6.81. The van der Waals surface area contributed by atoms with Gasteiger partial charge in [0.05, 0.1) is 5.92 Å². The molecule has 112 valence electrons. The van der Waals surface area contributed by atoms with Crippen molar-refractivity contribution >= 4 is 29.2 Å². The van der Waals surface area contributed by atoms with E-state index >= 15 is 0 Å². The first kappa shape index (κ1) is 15.6. The molecule has 1 aromatic carbocycles. The second kappa shape index (κ2) is 6.31. The molecule has 0 aliphatic heterocycles. The van der Waals surface area contributed by atoms with Crippen molar-refractivity contribution in [1.82, 2.24) is 0 Å². The van der Waals surface area contributed by atoms with E-state index in [2.05, 4.69) is 5.32 Å². The lowest BCUT2D eigenvalue weighted by molar-refractivity contribution is -0.313. The van der Waals surface area contributed by atoms with Gasteiger partial charge in [-0.1, -0.05) is 22.7 Å². The highest BCUT2D eigenvalue weighted by atomic mass is 35.5. The molecule has 0 radical (unpaired) electrons. The number of hydrogen-bond donors (Lipinski definition) is 1. The molecule has 0 saturated carbocycles. The first-order valence-corrected chi connectivity index (χ1v) is 7.18. The fraction of sp³-hybridized carbons (Fsp3) is 0.375. The van der Waals surface area contributed by atoms with E-state index in [1.54, 1.807) is 24.3 Å². The van der Waals surface area contributed by atoms with Gasteiger partial charge in [-0.3, -0.25) is 4.79 Å². The Balaban J connectivity index is 2.16. The van der Waals surface area contributed by atoms with E-state index in [-0.39, 0.29) is 5.91 Å². The molecule has 0 unspecified atom stereocenters. The highest BCUT2D eigenvalue weighted by molar-refractivity contribution is 6.30. The minimum Gasteiger partial charge on any atom is -0.550 e. The number of nitrogens with one attached hydrogen (secondary N) is 1. The van der Waals surface area contributed by atoms with Gasteiger partial charge in [-0.15, -0.1) is 0 Å². The normalized spacial score (nSPS) is 22.0. The van der Waals surface area contributed by atoms with E-state index in [9.17, 15) is 14.7 Å². The molecule has 0 fully saturated rings. The van der Waals surface area contributed by atoms with Crippen molar-refractivity contribution in [3.8, 4) is 0 Å². The lowest BCUT2D eigenvalue weighted by atomic mass is 9.76. The molecular weight excluding hydrogens is 290 g/mol. The van der Waals surface area contributed by atoms with Crippen LogP contribution >= 0.6 is 11.6 Å². The van der Waals surface area contributed by atoms with Crippen molar-refractivity contribution < 1.29 is 14.7 Å². The van der Waals surface area contributed by atoms with Crippen LogP contribution in [0.4, 0.5) is 5.69 Å². The highest BCUT2D eigenvalue weighted by Gasteiger charge is 2.33. The van der Waals surface area contributed by atoms with Crippen LogP contribution in [-0.2, 0) is 9.59 Å². The number of rotatable bonds is 3. The summed E-state index contributed by atoms with van der Waals surface area (Å²) >= 11 is 5.79. The van der Waals surface area contributed by atoms with Crippen molar-refractivity contribution in [3.63, 3.8) is 0 Å². The predicted molar refractivity (Wildman–Crippen MR) is 79.7 cm³/mol. The summed E-state index contributed by atoms with van der Waals surface area (Å²) in [4.78, 5) is 23.6. The molecule has 1 aromatic rings. The van der Waals surface area contributed by atoms with E-state index in [1.165, 1.54) is 0 Å². The number of carbonyl (C=O) groups is 2. The minimum atomic E-state index is -1.17. The predicted octanol–water partition coefficient (Wildman–Crippen LogP) is 2.39.